The molecule has 3 saturated heterocycles. The predicted octanol–water partition coefficient (Wildman–Crippen LogP) is 5.29. The number of fused-ring (bicyclic) bond motifs is 2. The number of esters is 8. The SMILES string of the molecule is CC(=O)OCC1OC(OC2CC3C4(C)CC(OC(C)=O)C(C5(C)CCC(C(C)(C)O)O5)C4(C)CCC34CC43CCC(OC4OCC(OC(C)=O)C(OC(C)=O)C4OC(C)=O)C(C)(C)C23)C(OC(C)=O)C(OC(C)=O)C1OC(C)=O. The van der Waals surface area contributed by atoms with Crippen LogP contribution in [0.1, 0.15) is 162 Å². The van der Waals surface area contributed by atoms with Crippen molar-refractivity contribution < 1.29 is 105 Å². The Morgan fingerprint density at radius 3 is 1.65 bits per heavy atom. The van der Waals surface area contributed by atoms with Gasteiger partial charge in [-0.1, -0.05) is 27.7 Å². The molecule has 22 nitrogen and oxygen atoms in total. The molecule has 8 aliphatic rings. The molecule has 0 aromatic carbocycles. The lowest BCUT2D eigenvalue weighted by Gasteiger charge is -2.65. The first kappa shape index (κ1) is 60.6. The minimum absolute atomic E-state index is 0.102. The van der Waals surface area contributed by atoms with Crippen molar-refractivity contribution >= 4 is 47.8 Å². The Balaban J connectivity index is 1.24. The number of ether oxygens (including phenoxy) is 13. The molecule has 0 bridgehead atoms. The Labute approximate surface area is 462 Å². The lowest BCUT2D eigenvalue weighted by Crippen LogP contribution is -2.66. The topological polar surface area (TPSA) is 277 Å². The summed E-state index contributed by atoms with van der Waals surface area (Å²) >= 11 is 0. The summed E-state index contributed by atoms with van der Waals surface area (Å²) in [4.78, 5) is 102. The van der Waals surface area contributed by atoms with E-state index in [0.29, 0.717) is 38.5 Å². The Kier molecular flexibility index (Phi) is 16.6. The molecule has 22 heteroatoms. The van der Waals surface area contributed by atoms with Crippen molar-refractivity contribution in [1.82, 2.24) is 0 Å². The van der Waals surface area contributed by atoms with E-state index in [1.165, 1.54) is 41.5 Å². The number of hydrogen-bond acceptors (Lipinski definition) is 22. The highest BCUT2D eigenvalue weighted by Gasteiger charge is 2.86. The van der Waals surface area contributed by atoms with E-state index in [9.17, 15) is 43.5 Å². The maximum atomic E-state index is 13.2. The van der Waals surface area contributed by atoms with E-state index in [-0.39, 0.29) is 23.9 Å². The minimum Gasteiger partial charge on any atom is -0.463 e. The summed E-state index contributed by atoms with van der Waals surface area (Å²) in [6, 6.07) is 0. The Hall–Kier alpha value is -4.48. The van der Waals surface area contributed by atoms with Gasteiger partial charge in [0.2, 0.25) is 0 Å². The molecule has 444 valence electrons. The lowest BCUT2D eigenvalue weighted by atomic mass is 9.41. The van der Waals surface area contributed by atoms with E-state index in [0.717, 1.165) is 33.1 Å². The van der Waals surface area contributed by atoms with Crippen molar-refractivity contribution in [1.29, 1.82) is 0 Å². The third-order valence-electron chi connectivity index (χ3n) is 19.9. The molecular formula is C57H84O22. The number of aliphatic hydroxyl groups is 1. The number of carbonyl (C=O) groups excluding carboxylic acids is 8. The van der Waals surface area contributed by atoms with Crippen LogP contribution in [0.25, 0.3) is 0 Å². The van der Waals surface area contributed by atoms with Gasteiger partial charge in [-0.2, -0.15) is 0 Å². The first-order valence-corrected chi connectivity index (χ1v) is 27.9. The average Bonchev–Trinajstić information content (AvgIpc) is 1.56. The highest BCUT2D eigenvalue weighted by Crippen LogP contribution is 2.89. The Morgan fingerprint density at radius 2 is 1.09 bits per heavy atom. The van der Waals surface area contributed by atoms with Crippen molar-refractivity contribution in [3.63, 3.8) is 0 Å². The van der Waals surface area contributed by atoms with E-state index < -0.39 is 173 Å². The second kappa shape index (κ2) is 21.7. The van der Waals surface area contributed by atoms with Gasteiger partial charge in [0.15, 0.2) is 49.2 Å². The zero-order chi connectivity index (χ0) is 58.3. The van der Waals surface area contributed by atoms with Crippen molar-refractivity contribution in [2.75, 3.05) is 13.2 Å². The first-order chi connectivity index (χ1) is 36.6. The second-order valence-corrected chi connectivity index (χ2v) is 25.8. The fraction of sp³-hybridized carbons (Fsp3) is 0.860. The molecule has 8 rings (SSSR count). The van der Waals surface area contributed by atoms with Crippen LogP contribution in [-0.4, -0.2) is 157 Å². The fourth-order valence-corrected chi connectivity index (χ4v) is 17.2. The fourth-order valence-electron chi connectivity index (χ4n) is 17.2. The van der Waals surface area contributed by atoms with Gasteiger partial charge in [-0.3, -0.25) is 38.4 Å². The molecule has 3 aliphatic heterocycles. The predicted molar refractivity (Wildman–Crippen MR) is 270 cm³/mol. The summed E-state index contributed by atoms with van der Waals surface area (Å²) in [5, 5.41) is 11.2. The van der Waals surface area contributed by atoms with E-state index in [1.54, 1.807) is 13.8 Å². The zero-order valence-electron chi connectivity index (χ0n) is 48.5. The lowest BCUT2D eigenvalue weighted by molar-refractivity contribution is -0.341. The highest BCUT2D eigenvalue weighted by molar-refractivity contribution is 5.70. The van der Waals surface area contributed by atoms with Crippen LogP contribution in [0.3, 0.4) is 0 Å². The monoisotopic (exact) mass is 1120 g/mol. The molecule has 79 heavy (non-hydrogen) atoms. The zero-order valence-corrected chi connectivity index (χ0v) is 48.5. The summed E-state index contributed by atoms with van der Waals surface area (Å²) in [6.07, 6.45) is -9.19. The molecule has 21 unspecified atom stereocenters. The summed E-state index contributed by atoms with van der Waals surface area (Å²) in [5.74, 6) is -6.34. The summed E-state index contributed by atoms with van der Waals surface area (Å²) in [5.41, 5.74) is -4.52. The van der Waals surface area contributed by atoms with Crippen LogP contribution in [0.15, 0.2) is 0 Å². The van der Waals surface area contributed by atoms with Gasteiger partial charge in [0.25, 0.3) is 0 Å². The van der Waals surface area contributed by atoms with Gasteiger partial charge in [-0.05, 0) is 117 Å². The number of hydrogen-bond donors (Lipinski definition) is 1. The highest BCUT2D eigenvalue weighted by atomic mass is 16.7. The molecule has 0 aromatic heterocycles. The Bertz CT molecular complexity index is 2400. The van der Waals surface area contributed by atoms with Gasteiger partial charge < -0.3 is 66.7 Å². The van der Waals surface area contributed by atoms with Gasteiger partial charge in [0, 0.05) is 61.3 Å². The van der Waals surface area contributed by atoms with Gasteiger partial charge in [-0.15, -0.1) is 0 Å². The standard InChI is InChI=1S/C57H84O22/c1-27(58)67-24-38-42(71-30(4)61)44(73-32(6)63)46(75-34(8)65)50(77-38)76-35-22-39-54(14)23-36(69-28(2)59)48(55(15)18-16-41(79-55)52(11,12)66)53(54,13)20-21-56(39)26-57(56)19-17-40(51(9,10)47(35)57)78-49-45(74-33(7)64)43(72-31(5)62)37(25-68-49)70-29(3)60/h35-50,66H,16-26H2,1-15H3. The van der Waals surface area contributed by atoms with Crippen molar-refractivity contribution in [3.8, 4) is 0 Å². The normalized spacial score (nSPS) is 43.7. The smallest absolute Gasteiger partial charge is 0.303 e. The third-order valence-corrected chi connectivity index (χ3v) is 19.9. The molecular weight excluding hydrogens is 1040 g/mol. The molecule has 8 fully saturated rings. The van der Waals surface area contributed by atoms with Gasteiger partial charge in [0.1, 0.15) is 18.8 Å². The van der Waals surface area contributed by atoms with Crippen molar-refractivity contribution in [2.24, 2.45) is 44.8 Å². The molecule has 0 aromatic rings. The largest absolute Gasteiger partial charge is 0.463 e. The molecule has 1 N–H and O–H groups in total. The molecule has 5 saturated carbocycles. The van der Waals surface area contributed by atoms with Crippen molar-refractivity contribution in [3.05, 3.63) is 0 Å². The maximum Gasteiger partial charge on any atom is 0.303 e. The van der Waals surface area contributed by atoms with Crippen LogP contribution in [-0.2, 0) is 99.9 Å². The van der Waals surface area contributed by atoms with Crippen LogP contribution in [0, 0.1) is 44.8 Å². The van der Waals surface area contributed by atoms with E-state index in [4.69, 9.17) is 61.6 Å². The maximum absolute atomic E-state index is 13.2. The molecule has 0 amide bonds. The molecule has 21 atom stereocenters. The van der Waals surface area contributed by atoms with E-state index in [1.807, 2.05) is 0 Å². The van der Waals surface area contributed by atoms with Gasteiger partial charge in [-0.25, -0.2) is 0 Å². The minimum atomic E-state index is -1.53. The Morgan fingerprint density at radius 1 is 0.544 bits per heavy atom. The second-order valence-electron chi connectivity index (χ2n) is 25.8. The van der Waals surface area contributed by atoms with Crippen LogP contribution in [0.5, 0.6) is 0 Å². The quantitative estimate of drug-likeness (QED) is 0.124. The molecule has 2 spiro atoms. The molecule has 3 heterocycles. The molecule has 0 radical (unpaired) electrons. The van der Waals surface area contributed by atoms with Crippen LogP contribution < -0.4 is 0 Å². The van der Waals surface area contributed by atoms with Crippen LogP contribution in [0.4, 0.5) is 0 Å². The van der Waals surface area contributed by atoms with E-state index in [2.05, 4.69) is 34.6 Å². The summed E-state index contributed by atoms with van der Waals surface area (Å²) < 4.78 is 80.8. The average molecular weight is 1120 g/mol. The summed E-state index contributed by atoms with van der Waals surface area (Å²) in [7, 11) is 0. The number of carbonyl (C=O) groups is 8. The van der Waals surface area contributed by atoms with Crippen LogP contribution in [0.2, 0.25) is 0 Å². The van der Waals surface area contributed by atoms with Crippen LogP contribution >= 0.6 is 0 Å². The number of rotatable bonds is 15. The third kappa shape index (κ3) is 11.0. The van der Waals surface area contributed by atoms with Gasteiger partial charge >= 0.3 is 47.8 Å². The van der Waals surface area contributed by atoms with Gasteiger partial charge in [0.05, 0.1) is 36.1 Å². The molecule has 5 aliphatic carbocycles. The first-order valence-electron chi connectivity index (χ1n) is 27.9. The summed E-state index contributed by atoms with van der Waals surface area (Å²) in [6.45, 7) is 23.3. The van der Waals surface area contributed by atoms with Crippen molar-refractivity contribution in [2.45, 2.75) is 253 Å². The van der Waals surface area contributed by atoms with E-state index >= 15 is 0 Å².